The molecule has 0 spiro atoms. The van der Waals surface area contributed by atoms with Crippen LogP contribution in [-0.4, -0.2) is 13.1 Å². The Morgan fingerprint density at radius 3 is 2.64 bits per heavy atom. The third-order valence-corrected chi connectivity index (χ3v) is 6.88. The summed E-state index contributed by atoms with van der Waals surface area (Å²) in [5, 5.41) is 9.34. The van der Waals surface area contributed by atoms with E-state index in [9.17, 15) is 5.26 Å². The summed E-state index contributed by atoms with van der Waals surface area (Å²) in [6, 6.07) is 6.66. The Balaban J connectivity index is 1.75. The van der Waals surface area contributed by atoms with Crippen molar-refractivity contribution in [2.24, 2.45) is 11.3 Å². The quantitative estimate of drug-likeness (QED) is 0.379. The molecule has 4 nitrogen and oxygen atoms in total. The number of anilines is 1. The van der Waals surface area contributed by atoms with E-state index in [-0.39, 0.29) is 22.4 Å². The molecule has 0 aliphatic carbocycles. The maximum Gasteiger partial charge on any atom is 0.269 e. The largest absolute Gasteiger partial charge is 0.462 e. The van der Waals surface area contributed by atoms with Gasteiger partial charge < -0.3 is 9.64 Å². The topological polar surface area (TPSA) is 40.6 Å². The lowest BCUT2D eigenvalue weighted by molar-refractivity contribution is 0.275. The zero-order valence-corrected chi connectivity index (χ0v) is 20.6. The van der Waals surface area contributed by atoms with E-state index < -0.39 is 0 Å². The number of benzene rings is 1. The lowest BCUT2D eigenvalue weighted by Gasteiger charge is -2.48. The van der Waals surface area contributed by atoms with Gasteiger partial charge in [-0.3, -0.25) is 0 Å². The van der Waals surface area contributed by atoms with E-state index in [1.165, 1.54) is 16.8 Å². The minimum atomic E-state index is 0.0876. The fourth-order valence-electron chi connectivity index (χ4n) is 5.13. The van der Waals surface area contributed by atoms with Gasteiger partial charge in [-0.05, 0) is 76.3 Å². The number of allylic oxidation sites excluding steroid dienone is 6. The van der Waals surface area contributed by atoms with E-state index in [1.807, 2.05) is 26.0 Å². The van der Waals surface area contributed by atoms with E-state index >= 15 is 0 Å². The van der Waals surface area contributed by atoms with Gasteiger partial charge in [0.2, 0.25) is 0 Å². The fraction of sp³-hybridized carbons (Fsp3) is 0.448. The molecule has 0 unspecified atom stereocenters. The molecule has 0 aromatic heterocycles. The van der Waals surface area contributed by atoms with Gasteiger partial charge in [-0.1, -0.05) is 47.6 Å². The summed E-state index contributed by atoms with van der Waals surface area (Å²) in [6.07, 6.45) is 9.89. The van der Waals surface area contributed by atoms with Crippen molar-refractivity contribution in [2.75, 3.05) is 18.0 Å². The van der Waals surface area contributed by atoms with E-state index in [0.29, 0.717) is 11.3 Å². The Bertz CT molecular complexity index is 1180. The van der Waals surface area contributed by atoms with Gasteiger partial charge in [0.15, 0.2) is 0 Å². The SMILES string of the molecule is [C-]#[N+]C(C#N)=C1C=C(C=Cc2cc3c4c(c2)C(C)(C)CCN4CC(C)(C)C3)OC(C(C)C)=C1. The first kappa shape index (κ1) is 22.9. The lowest BCUT2D eigenvalue weighted by atomic mass is 9.71. The van der Waals surface area contributed by atoms with Gasteiger partial charge in [0.05, 0.1) is 12.6 Å². The van der Waals surface area contributed by atoms with Crippen LogP contribution in [0.25, 0.3) is 10.9 Å². The van der Waals surface area contributed by atoms with Crippen molar-refractivity contribution in [3.05, 3.63) is 81.3 Å². The van der Waals surface area contributed by atoms with Crippen molar-refractivity contribution in [3.8, 4) is 6.07 Å². The zero-order chi connectivity index (χ0) is 24.0. The molecule has 170 valence electrons. The molecule has 0 fully saturated rings. The van der Waals surface area contributed by atoms with Crippen LogP contribution < -0.4 is 4.90 Å². The Morgan fingerprint density at radius 1 is 1.21 bits per heavy atom. The highest BCUT2D eigenvalue weighted by Gasteiger charge is 2.39. The molecule has 33 heavy (non-hydrogen) atoms. The molecule has 0 N–H and O–H groups in total. The zero-order valence-electron chi connectivity index (χ0n) is 20.6. The van der Waals surface area contributed by atoms with Gasteiger partial charge in [-0.15, -0.1) is 0 Å². The van der Waals surface area contributed by atoms with Crippen LogP contribution in [0.1, 0.15) is 64.7 Å². The summed E-state index contributed by atoms with van der Waals surface area (Å²) in [7, 11) is 0. The molecule has 0 amide bonds. The molecule has 4 heteroatoms. The van der Waals surface area contributed by atoms with Crippen molar-refractivity contribution in [1.82, 2.24) is 0 Å². The van der Waals surface area contributed by atoms with Crippen LogP contribution >= 0.6 is 0 Å². The molecule has 4 rings (SSSR count). The number of hydrogen-bond acceptors (Lipinski definition) is 3. The molecule has 0 saturated carbocycles. The molecule has 0 saturated heterocycles. The van der Waals surface area contributed by atoms with Crippen LogP contribution in [0, 0.1) is 29.2 Å². The van der Waals surface area contributed by atoms with E-state index in [2.05, 4.69) is 55.6 Å². The van der Waals surface area contributed by atoms with E-state index in [0.717, 1.165) is 37.3 Å². The fourth-order valence-corrected chi connectivity index (χ4v) is 5.13. The maximum atomic E-state index is 9.34. The van der Waals surface area contributed by atoms with Gasteiger partial charge in [-0.25, -0.2) is 10.1 Å². The maximum absolute atomic E-state index is 9.34. The third-order valence-electron chi connectivity index (χ3n) is 6.88. The Morgan fingerprint density at radius 2 is 1.97 bits per heavy atom. The van der Waals surface area contributed by atoms with Crippen molar-refractivity contribution >= 4 is 11.8 Å². The van der Waals surface area contributed by atoms with Crippen molar-refractivity contribution in [1.29, 1.82) is 5.26 Å². The van der Waals surface area contributed by atoms with E-state index in [4.69, 9.17) is 11.3 Å². The summed E-state index contributed by atoms with van der Waals surface area (Å²) >= 11 is 0. The highest BCUT2D eigenvalue weighted by atomic mass is 16.5. The van der Waals surface area contributed by atoms with Crippen LogP contribution in [0.2, 0.25) is 0 Å². The van der Waals surface area contributed by atoms with Crippen LogP contribution in [-0.2, 0) is 16.6 Å². The standard InChI is InChI=1S/C29H33N3O/c1-19(2)26-15-21(25(17-30)31-7)14-23(33-26)9-8-20-12-22-16-28(3,4)18-32-11-10-29(5,6)24(13-20)27(22)32/h8-9,12-15,19H,10-11,16,18H2,1-6H3. The van der Waals surface area contributed by atoms with Gasteiger partial charge in [0, 0.05) is 24.7 Å². The van der Waals surface area contributed by atoms with Crippen LogP contribution in [0.4, 0.5) is 5.69 Å². The molecule has 3 heterocycles. The summed E-state index contributed by atoms with van der Waals surface area (Å²) in [4.78, 5) is 5.97. The predicted octanol–water partition coefficient (Wildman–Crippen LogP) is 6.92. The molecule has 0 atom stereocenters. The monoisotopic (exact) mass is 439 g/mol. The molecular formula is C29H33N3O. The second-order valence-electron chi connectivity index (χ2n) is 11.2. The summed E-state index contributed by atoms with van der Waals surface area (Å²) in [5.74, 6) is 1.58. The Kier molecular flexibility index (Phi) is 5.75. The summed E-state index contributed by atoms with van der Waals surface area (Å²) in [6.45, 7) is 23.1. The smallest absolute Gasteiger partial charge is 0.269 e. The number of nitriles is 1. The predicted molar refractivity (Wildman–Crippen MR) is 134 cm³/mol. The second kappa shape index (κ2) is 8.27. The van der Waals surface area contributed by atoms with E-state index in [1.54, 1.807) is 12.2 Å². The van der Waals surface area contributed by atoms with Crippen LogP contribution in [0.15, 0.2) is 53.1 Å². The van der Waals surface area contributed by atoms with Crippen LogP contribution in [0.3, 0.4) is 0 Å². The highest BCUT2D eigenvalue weighted by molar-refractivity contribution is 5.71. The second-order valence-corrected chi connectivity index (χ2v) is 11.2. The van der Waals surface area contributed by atoms with Crippen LogP contribution in [0.5, 0.6) is 0 Å². The van der Waals surface area contributed by atoms with Gasteiger partial charge in [0.25, 0.3) is 5.70 Å². The first-order valence-corrected chi connectivity index (χ1v) is 11.8. The number of hydrogen-bond donors (Lipinski definition) is 0. The number of rotatable bonds is 3. The minimum absolute atomic E-state index is 0.0876. The lowest BCUT2D eigenvalue weighted by Crippen LogP contribution is -2.46. The molecule has 3 aliphatic heterocycles. The highest BCUT2D eigenvalue weighted by Crippen LogP contribution is 2.47. The molecule has 0 bridgehead atoms. The van der Waals surface area contributed by atoms with Gasteiger partial charge in [0.1, 0.15) is 11.5 Å². The number of nitrogens with zero attached hydrogens (tertiary/aromatic N) is 3. The molecule has 3 aliphatic rings. The Hall–Kier alpha value is -3.24. The first-order chi connectivity index (χ1) is 15.5. The summed E-state index contributed by atoms with van der Waals surface area (Å²) in [5.41, 5.74) is 6.58. The molecule has 1 aromatic carbocycles. The average Bonchev–Trinajstić information content (AvgIpc) is 2.74. The average molecular weight is 440 g/mol. The van der Waals surface area contributed by atoms with Crippen molar-refractivity contribution < 1.29 is 4.74 Å². The van der Waals surface area contributed by atoms with Crippen molar-refractivity contribution in [3.63, 3.8) is 0 Å². The Labute approximate surface area is 198 Å². The summed E-state index contributed by atoms with van der Waals surface area (Å²) < 4.78 is 6.09. The normalized spacial score (nSPS) is 22.0. The molecule has 1 aromatic rings. The minimum Gasteiger partial charge on any atom is -0.462 e. The van der Waals surface area contributed by atoms with Gasteiger partial charge >= 0.3 is 0 Å². The molecule has 0 radical (unpaired) electrons. The molecular weight excluding hydrogens is 406 g/mol. The third kappa shape index (κ3) is 4.49. The van der Waals surface area contributed by atoms with Gasteiger partial charge in [-0.2, -0.15) is 0 Å². The van der Waals surface area contributed by atoms with Crippen molar-refractivity contribution in [2.45, 2.75) is 59.8 Å². The first-order valence-electron chi connectivity index (χ1n) is 11.8. The number of ether oxygens (including phenoxy) is 1.